The minimum atomic E-state index is -0.978. The molecule has 0 spiro atoms. The fourth-order valence-corrected chi connectivity index (χ4v) is 5.78. The molecule has 1 saturated heterocycles. The maximum atomic E-state index is 13.5. The molecule has 1 amide bonds. The molecule has 1 fully saturated rings. The van der Waals surface area contributed by atoms with Gasteiger partial charge in [0.1, 0.15) is 17.3 Å². The number of aliphatic hydroxyl groups excluding tert-OH is 1. The van der Waals surface area contributed by atoms with Gasteiger partial charge in [0, 0.05) is 5.56 Å². The lowest BCUT2D eigenvalue weighted by molar-refractivity contribution is -0.132. The number of benzene rings is 3. The van der Waals surface area contributed by atoms with Crippen molar-refractivity contribution in [1.82, 2.24) is 4.98 Å². The first-order valence-corrected chi connectivity index (χ1v) is 12.8. The lowest BCUT2D eigenvalue weighted by atomic mass is 9.95. The molecule has 0 bridgehead atoms. The average Bonchev–Trinajstić information content (AvgIpc) is 3.41. The quantitative estimate of drug-likeness (QED) is 0.185. The van der Waals surface area contributed by atoms with Crippen LogP contribution in [0.3, 0.4) is 0 Å². The molecule has 7 nitrogen and oxygen atoms in total. The summed E-state index contributed by atoms with van der Waals surface area (Å²) in [7, 11) is 0. The van der Waals surface area contributed by atoms with Crippen LogP contribution < -0.4 is 9.64 Å². The van der Waals surface area contributed by atoms with E-state index in [2.05, 4.69) is 0 Å². The molecule has 4 aromatic rings. The van der Waals surface area contributed by atoms with Crippen LogP contribution in [0.2, 0.25) is 0 Å². The zero-order valence-corrected chi connectivity index (χ0v) is 21.5. The molecule has 8 heteroatoms. The summed E-state index contributed by atoms with van der Waals surface area (Å²) in [4.78, 5) is 32.9. The second kappa shape index (κ2) is 9.71. The van der Waals surface area contributed by atoms with Gasteiger partial charge in [-0.3, -0.25) is 14.5 Å². The summed E-state index contributed by atoms with van der Waals surface area (Å²) >= 11 is 1.31. The molecule has 2 N–H and O–H groups in total. The number of aryl methyl sites for hydroxylation is 2. The van der Waals surface area contributed by atoms with Crippen molar-refractivity contribution in [2.45, 2.75) is 33.2 Å². The van der Waals surface area contributed by atoms with Gasteiger partial charge in [0.25, 0.3) is 5.78 Å². The zero-order valence-electron chi connectivity index (χ0n) is 20.7. The monoisotopic (exact) mass is 514 g/mol. The van der Waals surface area contributed by atoms with Gasteiger partial charge in [-0.2, -0.15) is 0 Å². The van der Waals surface area contributed by atoms with E-state index < -0.39 is 17.7 Å². The van der Waals surface area contributed by atoms with Gasteiger partial charge < -0.3 is 14.9 Å². The van der Waals surface area contributed by atoms with E-state index in [1.54, 1.807) is 36.4 Å². The highest BCUT2D eigenvalue weighted by Gasteiger charge is 2.48. The minimum Gasteiger partial charge on any atom is -0.508 e. The fraction of sp³-hybridized carbons (Fsp3) is 0.207. The van der Waals surface area contributed by atoms with Gasteiger partial charge in [-0.05, 0) is 67.3 Å². The van der Waals surface area contributed by atoms with Gasteiger partial charge in [-0.15, -0.1) is 0 Å². The highest BCUT2D eigenvalue weighted by molar-refractivity contribution is 7.22. The van der Waals surface area contributed by atoms with E-state index in [1.165, 1.54) is 28.4 Å². The molecule has 1 aromatic heterocycles. The van der Waals surface area contributed by atoms with E-state index in [4.69, 9.17) is 9.72 Å². The molecular formula is C29H26N2O5S. The maximum Gasteiger partial charge on any atom is 0.301 e. The van der Waals surface area contributed by atoms with Gasteiger partial charge >= 0.3 is 5.91 Å². The van der Waals surface area contributed by atoms with Crippen molar-refractivity contribution in [3.63, 3.8) is 0 Å². The third kappa shape index (κ3) is 4.44. The van der Waals surface area contributed by atoms with Crippen LogP contribution in [0.4, 0.5) is 5.13 Å². The van der Waals surface area contributed by atoms with Gasteiger partial charge in [0.05, 0.1) is 28.4 Å². The standard InChI is InChI=1S/C29H26N2O5S/c1-4-11-36-21-10-6-8-19(15-21)26(33)23-25(18-7-5-9-20(32)14-18)31(28(35)27(23)34)29-30-24-17(3)12-16(2)13-22(24)37-29/h5-10,12-15,25,32-33H,4,11H2,1-3H3/b26-23+. The smallest absolute Gasteiger partial charge is 0.301 e. The molecule has 0 radical (unpaired) electrons. The van der Waals surface area contributed by atoms with Gasteiger partial charge in [-0.1, -0.05) is 48.6 Å². The molecule has 188 valence electrons. The Bertz CT molecular complexity index is 1570. The van der Waals surface area contributed by atoms with E-state index in [0.29, 0.717) is 28.6 Å². The third-order valence-electron chi connectivity index (χ3n) is 6.24. The van der Waals surface area contributed by atoms with Crippen LogP contribution in [-0.2, 0) is 9.59 Å². The first-order chi connectivity index (χ1) is 17.8. The Kier molecular flexibility index (Phi) is 6.43. The summed E-state index contributed by atoms with van der Waals surface area (Å²) in [5.74, 6) is -1.40. The number of amides is 1. The number of fused-ring (bicyclic) bond motifs is 1. The number of Topliss-reactive ketones (excluding diaryl/α,β-unsaturated/α-hetero) is 1. The van der Waals surface area contributed by atoms with Crippen LogP contribution in [0.5, 0.6) is 11.5 Å². The van der Waals surface area contributed by atoms with Crippen LogP contribution in [0, 0.1) is 13.8 Å². The number of aliphatic hydroxyl groups is 1. The Balaban J connectivity index is 1.70. The van der Waals surface area contributed by atoms with Crippen molar-refractivity contribution in [1.29, 1.82) is 0 Å². The number of carbonyl (C=O) groups is 2. The number of ketones is 1. The van der Waals surface area contributed by atoms with Crippen molar-refractivity contribution in [3.05, 3.63) is 88.5 Å². The summed E-state index contributed by atoms with van der Waals surface area (Å²) in [6, 6.07) is 16.2. The molecule has 2 heterocycles. The summed E-state index contributed by atoms with van der Waals surface area (Å²) in [5, 5.41) is 21.9. The number of hydrogen-bond donors (Lipinski definition) is 2. The average molecular weight is 515 g/mol. The fourth-order valence-electron chi connectivity index (χ4n) is 4.61. The van der Waals surface area contributed by atoms with E-state index in [0.717, 1.165) is 27.8 Å². The van der Waals surface area contributed by atoms with Crippen LogP contribution in [0.25, 0.3) is 16.0 Å². The molecule has 1 unspecified atom stereocenters. The lowest BCUT2D eigenvalue weighted by Gasteiger charge is -2.23. The largest absolute Gasteiger partial charge is 0.508 e. The second-order valence-electron chi connectivity index (χ2n) is 9.07. The Morgan fingerprint density at radius 2 is 1.86 bits per heavy atom. The first kappa shape index (κ1) is 24.5. The number of phenolic OH excluding ortho intramolecular Hbond substituents is 1. The highest BCUT2D eigenvalue weighted by atomic mass is 32.1. The topological polar surface area (TPSA) is 100.0 Å². The Morgan fingerprint density at radius 1 is 1.08 bits per heavy atom. The van der Waals surface area contributed by atoms with Crippen LogP contribution in [-0.4, -0.2) is 33.5 Å². The number of aromatic hydroxyl groups is 1. The number of anilines is 1. The van der Waals surface area contributed by atoms with E-state index in [1.807, 2.05) is 32.9 Å². The summed E-state index contributed by atoms with van der Waals surface area (Å²) in [5.41, 5.74) is 3.54. The molecular weight excluding hydrogens is 488 g/mol. The highest BCUT2D eigenvalue weighted by Crippen LogP contribution is 2.45. The van der Waals surface area contributed by atoms with Gasteiger partial charge in [0.15, 0.2) is 5.13 Å². The second-order valence-corrected chi connectivity index (χ2v) is 10.1. The van der Waals surface area contributed by atoms with Crippen molar-refractivity contribution < 1.29 is 24.5 Å². The van der Waals surface area contributed by atoms with Gasteiger partial charge in [0.2, 0.25) is 0 Å². The summed E-state index contributed by atoms with van der Waals surface area (Å²) in [6.07, 6.45) is 0.819. The number of nitrogens with zero attached hydrogens (tertiary/aromatic N) is 2. The molecule has 1 aliphatic heterocycles. The zero-order chi connectivity index (χ0) is 26.3. The number of carbonyl (C=O) groups excluding carboxylic acids is 2. The van der Waals surface area contributed by atoms with Crippen molar-refractivity contribution >= 4 is 44.1 Å². The Morgan fingerprint density at radius 3 is 2.62 bits per heavy atom. The Labute approximate surface area is 218 Å². The van der Waals surface area contributed by atoms with Gasteiger partial charge in [-0.25, -0.2) is 4.98 Å². The number of thiazole rings is 1. The van der Waals surface area contributed by atoms with Crippen molar-refractivity contribution in [3.8, 4) is 11.5 Å². The van der Waals surface area contributed by atoms with E-state index in [-0.39, 0.29) is 17.1 Å². The molecule has 5 rings (SSSR count). The maximum absolute atomic E-state index is 13.5. The normalized spacial score (nSPS) is 17.1. The van der Waals surface area contributed by atoms with Crippen LogP contribution >= 0.6 is 11.3 Å². The number of phenols is 1. The van der Waals surface area contributed by atoms with E-state index in [9.17, 15) is 19.8 Å². The molecule has 3 aromatic carbocycles. The molecule has 0 saturated carbocycles. The number of hydrogen-bond acceptors (Lipinski definition) is 7. The summed E-state index contributed by atoms with van der Waals surface area (Å²) < 4.78 is 6.58. The van der Waals surface area contributed by atoms with Crippen LogP contribution in [0.1, 0.15) is 41.6 Å². The first-order valence-electron chi connectivity index (χ1n) is 12.0. The number of aromatic nitrogens is 1. The SMILES string of the molecule is CCCOc1cccc(/C(O)=C2\C(=O)C(=O)N(c3nc4c(C)cc(C)cc4s3)C2c2cccc(O)c2)c1. The predicted octanol–water partition coefficient (Wildman–Crippen LogP) is 6.03. The molecule has 37 heavy (non-hydrogen) atoms. The van der Waals surface area contributed by atoms with Crippen molar-refractivity contribution in [2.24, 2.45) is 0 Å². The molecule has 0 aliphatic carbocycles. The van der Waals surface area contributed by atoms with E-state index >= 15 is 0 Å². The van der Waals surface area contributed by atoms with Crippen LogP contribution in [0.15, 0.2) is 66.2 Å². The number of rotatable bonds is 6. The summed E-state index contributed by atoms with van der Waals surface area (Å²) in [6.45, 7) is 6.44. The lowest BCUT2D eigenvalue weighted by Crippen LogP contribution is -2.29. The number of ether oxygens (including phenoxy) is 1. The third-order valence-corrected chi connectivity index (χ3v) is 7.24. The molecule has 1 aliphatic rings. The molecule has 1 atom stereocenters. The minimum absolute atomic E-state index is 0.0196. The Hall–Kier alpha value is -4.17. The predicted molar refractivity (Wildman–Crippen MR) is 144 cm³/mol. The van der Waals surface area contributed by atoms with Crippen molar-refractivity contribution in [2.75, 3.05) is 11.5 Å².